The first kappa shape index (κ1) is 10.7. The summed E-state index contributed by atoms with van der Waals surface area (Å²) in [5.41, 5.74) is 0.0226. The van der Waals surface area contributed by atoms with Gasteiger partial charge in [-0.2, -0.15) is 0 Å². The molecule has 0 saturated carbocycles. The summed E-state index contributed by atoms with van der Waals surface area (Å²) in [5, 5.41) is 0. The van der Waals surface area contributed by atoms with Gasteiger partial charge in [0.2, 0.25) is 0 Å². The van der Waals surface area contributed by atoms with Crippen LogP contribution in [0.4, 0.5) is 8.78 Å². The lowest BCUT2D eigenvalue weighted by atomic mass is 10.0. The second-order valence-corrected chi connectivity index (χ2v) is 4.55. The molecule has 3 nitrogen and oxygen atoms in total. The quantitative estimate of drug-likeness (QED) is 0.829. The van der Waals surface area contributed by atoms with Crippen LogP contribution in [0.2, 0.25) is 0 Å². The minimum atomic E-state index is -0.649. The molecule has 2 heterocycles. The topological polar surface area (TPSA) is 37.9 Å². The Morgan fingerprint density at radius 3 is 2.94 bits per heavy atom. The predicted molar refractivity (Wildman–Crippen MR) is 58.5 cm³/mol. The van der Waals surface area contributed by atoms with Crippen LogP contribution in [-0.2, 0) is 10.3 Å². The van der Waals surface area contributed by atoms with Gasteiger partial charge < -0.3 is 9.72 Å². The van der Waals surface area contributed by atoms with E-state index in [-0.39, 0.29) is 5.52 Å². The van der Waals surface area contributed by atoms with E-state index >= 15 is 0 Å². The molecule has 1 aliphatic heterocycles. The molecule has 1 atom stereocenters. The van der Waals surface area contributed by atoms with E-state index in [1.807, 2.05) is 6.92 Å². The fraction of sp³-hybridized carbons (Fsp3) is 0.417. The van der Waals surface area contributed by atoms with Crippen LogP contribution in [0.15, 0.2) is 12.1 Å². The summed E-state index contributed by atoms with van der Waals surface area (Å²) < 4.78 is 32.2. The highest BCUT2D eigenvalue weighted by Crippen LogP contribution is 2.35. The molecule has 0 spiro atoms. The van der Waals surface area contributed by atoms with Crippen LogP contribution >= 0.6 is 0 Å². The molecule has 1 aromatic carbocycles. The van der Waals surface area contributed by atoms with Gasteiger partial charge in [0.25, 0.3) is 0 Å². The summed E-state index contributed by atoms with van der Waals surface area (Å²) in [5.74, 6) is -0.693. The van der Waals surface area contributed by atoms with Crippen molar-refractivity contribution in [2.45, 2.75) is 25.4 Å². The number of halogens is 2. The number of aromatic nitrogens is 2. The normalized spacial score (nSPS) is 24.6. The number of hydrogen-bond donors (Lipinski definition) is 1. The summed E-state index contributed by atoms with van der Waals surface area (Å²) in [4.78, 5) is 7.13. The van der Waals surface area contributed by atoms with Crippen LogP contribution in [0, 0.1) is 11.6 Å². The maximum absolute atomic E-state index is 13.5. The van der Waals surface area contributed by atoms with Crippen molar-refractivity contribution in [1.29, 1.82) is 0 Å². The van der Waals surface area contributed by atoms with Crippen molar-refractivity contribution in [3.05, 3.63) is 29.6 Å². The molecule has 1 aliphatic rings. The van der Waals surface area contributed by atoms with Gasteiger partial charge in [0, 0.05) is 12.7 Å². The van der Waals surface area contributed by atoms with Crippen molar-refractivity contribution >= 4 is 11.0 Å². The Hall–Kier alpha value is -1.49. The Morgan fingerprint density at radius 2 is 2.24 bits per heavy atom. The largest absolute Gasteiger partial charge is 0.367 e. The Balaban J connectivity index is 2.16. The molecule has 1 fully saturated rings. The number of imidazole rings is 1. The molecule has 1 aromatic heterocycles. The lowest BCUT2D eigenvalue weighted by Crippen LogP contribution is -2.21. The number of ether oxygens (including phenoxy) is 1. The molecule has 1 saturated heterocycles. The van der Waals surface area contributed by atoms with Crippen LogP contribution in [0.25, 0.3) is 11.0 Å². The van der Waals surface area contributed by atoms with E-state index in [0.717, 1.165) is 18.9 Å². The maximum atomic E-state index is 13.5. The number of rotatable bonds is 1. The van der Waals surface area contributed by atoms with E-state index in [4.69, 9.17) is 4.74 Å². The summed E-state index contributed by atoms with van der Waals surface area (Å²) >= 11 is 0. The zero-order valence-electron chi connectivity index (χ0n) is 9.39. The van der Waals surface area contributed by atoms with Crippen molar-refractivity contribution in [3.8, 4) is 0 Å². The molecule has 1 N–H and O–H groups in total. The van der Waals surface area contributed by atoms with Gasteiger partial charge in [-0.25, -0.2) is 13.8 Å². The van der Waals surface area contributed by atoms with Gasteiger partial charge in [0.1, 0.15) is 22.8 Å². The number of fused-ring (bicyclic) bond motifs is 1. The second kappa shape index (κ2) is 3.50. The molecule has 90 valence electrons. The Kier molecular flexibility index (Phi) is 2.19. The number of nitrogens with zero attached hydrogens (tertiary/aromatic N) is 1. The Labute approximate surface area is 96.8 Å². The molecular weight excluding hydrogens is 226 g/mol. The molecule has 5 heteroatoms. The third-order valence-corrected chi connectivity index (χ3v) is 3.22. The predicted octanol–water partition coefficient (Wildman–Crippen LogP) is 2.87. The van der Waals surface area contributed by atoms with Crippen molar-refractivity contribution in [1.82, 2.24) is 9.97 Å². The first-order valence-corrected chi connectivity index (χ1v) is 5.58. The molecule has 2 aromatic rings. The summed E-state index contributed by atoms with van der Waals surface area (Å²) in [6.07, 6.45) is 1.78. The fourth-order valence-corrected chi connectivity index (χ4v) is 2.26. The number of H-pyrrole nitrogens is 1. The Bertz CT molecular complexity index is 573. The summed E-state index contributed by atoms with van der Waals surface area (Å²) in [7, 11) is 0. The zero-order valence-corrected chi connectivity index (χ0v) is 9.39. The molecule has 0 amide bonds. The fourth-order valence-electron chi connectivity index (χ4n) is 2.26. The summed E-state index contributed by atoms with van der Waals surface area (Å²) in [6, 6.07) is 2.08. The smallest absolute Gasteiger partial charge is 0.153 e. The van der Waals surface area contributed by atoms with E-state index in [9.17, 15) is 8.78 Å². The van der Waals surface area contributed by atoms with Gasteiger partial charge in [0.05, 0.1) is 5.52 Å². The van der Waals surface area contributed by atoms with Crippen LogP contribution in [-0.4, -0.2) is 16.6 Å². The van der Waals surface area contributed by atoms with E-state index in [1.165, 1.54) is 6.07 Å². The third kappa shape index (κ3) is 1.61. The average molecular weight is 238 g/mol. The molecule has 1 unspecified atom stereocenters. The van der Waals surface area contributed by atoms with Gasteiger partial charge in [-0.05, 0) is 25.8 Å². The highest BCUT2D eigenvalue weighted by Gasteiger charge is 2.35. The number of benzene rings is 1. The highest BCUT2D eigenvalue weighted by molar-refractivity contribution is 5.76. The minimum Gasteiger partial charge on any atom is -0.367 e. The zero-order chi connectivity index (χ0) is 12.0. The van der Waals surface area contributed by atoms with Crippen molar-refractivity contribution in [3.63, 3.8) is 0 Å². The van der Waals surface area contributed by atoms with Crippen LogP contribution in [0.5, 0.6) is 0 Å². The lowest BCUT2D eigenvalue weighted by Gasteiger charge is -2.19. The van der Waals surface area contributed by atoms with Gasteiger partial charge in [-0.3, -0.25) is 0 Å². The lowest BCUT2D eigenvalue weighted by molar-refractivity contribution is 0.0103. The van der Waals surface area contributed by atoms with Crippen LogP contribution < -0.4 is 0 Å². The van der Waals surface area contributed by atoms with Crippen molar-refractivity contribution in [2.24, 2.45) is 0 Å². The molecular formula is C12H12F2N2O. The first-order valence-electron chi connectivity index (χ1n) is 5.58. The monoisotopic (exact) mass is 238 g/mol. The summed E-state index contributed by atoms with van der Waals surface area (Å²) in [6.45, 7) is 2.58. The molecule has 17 heavy (non-hydrogen) atoms. The van der Waals surface area contributed by atoms with E-state index in [0.29, 0.717) is 17.9 Å². The van der Waals surface area contributed by atoms with E-state index in [2.05, 4.69) is 9.97 Å². The SMILES string of the molecule is CC1(c2nc3c(F)cc(F)cc3[nH]2)CCCO1. The third-order valence-electron chi connectivity index (χ3n) is 3.22. The molecule has 0 bridgehead atoms. The van der Waals surface area contributed by atoms with Gasteiger partial charge in [0.15, 0.2) is 5.82 Å². The molecule has 0 radical (unpaired) electrons. The number of nitrogens with one attached hydrogen (secondary N) is 1. The van der Waals surface area contributed by atoms with Gasteiger partial charge >= 0.3 is 0 Å². The Morgan fingerprint density at radius 1 is 1.41 bits per heavy atom. The van der Waals surface area contributed by atoms with Crippen LogP contribution in [0.3, 0.4) is 0 Å². The first-order chi connectivity index (χ1) is 8.08. The van der Waals surface area contributed by atoms with E-state index < -0.39 is 17.2 Å². The van der Waals surface area contributed by atoms with Gasteiger partial charge in [-0.1, -0.05) is 0 Å². The number of hydrogen-bond acceptors (Lipinski definition) is 2. The molecule has 3 rings (SSSR count). The number of aromatic amines is 1. The second-order valence-electron chi connectivity index (χ2n) is 4.55. The highest BCUT2D eigenvalue weighted by atomic mass is 19.1. The van der Waals surface area contributed by atoms with E-state index in [1.54, 1.807) is 0 Å². The standard InChI is InChI=1S/C12H12F2N2O/c1-12(3-2-4-17-12)11-15-9-6-7(13)5-8(14)10(9)16-11/h5-6H,2-4H2,1H3,(H,15,16). The minimum absolute atomic E-state index is 0.165. The van der Waals surface area contributed by atoms with Crippen LogP contribution in [0.1, 0.15) is 25.6 Å². The van der Waals surface area contributed by atoms with Crippen molar-refractivity contribution < 1.29 is 13.5 Å². The van der Waals surface area contributed by atoms with Gasteiger partial charge in [-0.15, -0.1) is 0 Å². The maximum Gasteiger partial charge on any atom is 0.153 e. The van der Waals surface area contributed by atoms with Crippen molar-refractivity contribution in [2.75, 3.05) is 6.61 Å². The average Bonchev–Trinajstić information content (AvgIpc) is 2.84. The molecule has 0 aliphatic carbocycles.